The third-order valence-electron chi connectivity index (χ3n) is 2.88. The predicted molar refractivity (Wildman–Crippen MR) is 66.9 cm³/mol. The van der Waals surface area contributed by atoms with Gasteiger partial charge in [-0.1, -0.05) is 0 Å². The molecule has 7 heteroatoms. The molecule has 2 aliphatic heterocycles. The van der Waals surface area contributed by atoms with Gasteiger partial charge in [-0.25, -0.2) is 19.5 Å². The maximum absolute atomic E-state index is 11.1. The third-order valence-corrected chi connectivity index (χ3v) is 2.88. The lowest BCUT2D eigenvalue weighted by Gasteiger charge is -2.19. The van der Waals surface area contributed by atoms with Crippen LogP contribution in [0.25, 0.3) is 12.3 Å². The summed E-state index contributed by atoms with van der Waals surface area (Å²) in [6.07, 6.45) is 4.05. The van der Waals surface area contributed by atoms with Gasteiger partial charge in [0.25, 0.3) is 0 Å². The summed E-state index contributed by atoms with van der Waals surface area (Å²) in [4.78, 5) is 27.0. The third kappa shape index (κ3) is 1.81. The van der Waals surface area contributed by atoms with Crippen LogP contribution in [0.15, 0.2) is 35.3 Å². The molecule has 0 saturated heterocycles. The average Bonchev–Trinajstić information content (AvgIpc) is 2.43. The number of aliphatic carboxylic acids is 1. The zero-order chi connectivity index (χ0) is 14.3. The molecule has 3 rings (SSSR count). The normalized spacial score (nSPS) is 15.0. The van der Waals surface area contributed by atoms with Crippen LogP contribution in [-0.2, 0) is 4.79 Å². The van der Waals surface area contributed by atoms with Crippen LogP contribution in [-0.4, -0.2) is 27.2 Å². The van der Waals surface area contributed by atoms with Gasteiger partial charge in [-0.05, 0) is 23.8 Å². The van der Waals surface area contributed by atoms with Crippen LogP contribution in [0.5, 0.6) is 5.75 Å². The highest BCUT2D eigenvalue weighted by molar-refractivity contribution is 5.98. The van der Waals surface area contributed by atoms with E-state index in [2.05, 4.69) is 4.99 Å². The fourth-order valence-electron chi connectivity index (χ4n) is 2.00. The van der Waals surface area contributed by atoms with E-state index in [1.54, 1.807) is 12.1 Å². The standard InChI is InChI=1S/C13H8N2O5/c16-12(17)10-4-7-3-9-11(20-2-1-14-9)5-8(7)6-15(10)13(18)19/h1-6H,(H,16,17)(H,18,19). The molecule has 2 aliphatic rings. The van der Waals surface area contributed by atoms with Gasteiger partial charge in [-0.2, -0.15) is 0 Å². The lowest BCUT2D eigenvalue weighted by molar-refractivity contribution is -0.133. The molecular formula is C13H8N2O5. The number of amides is 1. The fourth-order valence-corrected chi connectivity index (χ4v) is 2.00. The monoisotopic (exact) mass is 272 g/mol. The Morgan fingerprint density at radius 1 is 1.25 bits per heavy atom. The molecular weight excluding hydrogens is 264 g/mol. The SMILES string of the molecule is O=C(O)C1=Cc2cc3c(cc2=CN1C(=O)O)OC=CN=3. The number of ether oxygens (including phenoxy) is 1. The van der Waals surface area contributed by atoms with Crippen LogP contribution in [0, 0.1) is 0 Å². The van der Waals surface area contributed by atoms with Gasteiger partial charge in [0, 0.05) is 11.4 Å². The van der Waals surface area contributed by atoms with E-state index in [0.717, 1.165) is 0 Å². The number of hydrogen-bond donors (Lipinski definition) is 2. The van der Waals surface area contributed by atoms with Gasteiger partial charge in [0.15, 0.2) is 5.75 Å². The van der Waals surface area contributed by atoms with Crippen molar-refractivity contribution in [3.8, 4) is 5.75 Å². The molecule has 1 aromatic rings. The second-order valence-electron chi connectivity index (χ2n) is 4.10. The van der Waals surface area contributed by atoms with Crippen molar-refractivity contribution in [2.45, 2.75) is 0 Å². The van der Waals surface area contributed by atoms with Gasteiger partial charge >= 0.3 is 12.1 Å². The van der Waals surface area contributed by atoms with Gasteiger partial charge in [0.1, 0.15) is 17.3 Å². The van der Waals surface area contributed by atoms with Gasteiger partial charge in [-0.15, -0.1) is 0 Å². The molecule has 100 valence electrons. The Labute approximate surface area is 112 Å². The van der Waals surface area contributed by atoms with Crippen LogP contribution in [0.3, 0.4) is 0 Å². The number of carboxylic acids is 1. The van der Waals surface area contributed by atoms with Crippen molar-refractivity contribution in [1.82, 2.24) is 4.90 Å². The van der Waals surface area contributed by atoms with Crippen molar-refractivity contribution < 1.29 is 24.5 Å². The van der Waals surface area contributed by atoms with Crippen LogP contribution in [0.4, 0.5) is 4.79 Å². The first-order valence-corrected chi connectivity index (χ1v) is 5.59. The minimum atomic E-state index is -1.37. The first-order chi connectivity index (χ1) is 9.56. The Kier molecular flexibility index (Phi) is 2.53. The van der Waals surface area contributed by atoms with E-state index >= 15 is 0 Å². The van der Waals surface area contributed by atoms with Crippen molar-refractivity contribution >= 4 is 24.3 Å². The largest absolute Gasteiger partial charge is 0.477 e. The van der Waals surface area contributed by atoms with Crippen LogP contribution in [0.1, 0.15) is 5.56 Å². The van der Waals surface area contributed by atoms with Crippen LogP contribution >= 0.6 is 0 Å². The molecule has 2 N–H and O–H groups in total. The Hall–Kier alpha value is -3.09. The molecule has 0 fully saturated rings. The van der Waals surface area contributed by atoms with E-state index in [4.69, 9.17) is 14.9 Å². The molecule has 7 nitrogen and oxygen atoms in total. The maximum atomic E-state index is 11.1. The van der Waals surface area contributed by atoms with Crippen molar-refractivity contribution in [3.05, 3.63) is 46.4 Å². The topological polar surface area (TPSA) is 99.4 Å². The molecule has 0 aromatic heterocycles. The number of fused-ring (bicyclic) bond motifs is 2. The maximum Gasteiger partial charge on any atom is 0.416 e. The van der Waals surface area contributed by atoms with Gasteiger partial charge in [0.05, 0.1) is 6.20 Å². The Morgan fingerprint density at radius 3 is 2.75 bits per heavy atom. The number of hydrogen-bond acceptors (Lipinski definition) is 4. The zero-order valence-electron chi connectivity index (χ0n) is 9.98. The zero-order valence-corrected chi connectivity index (χ0v) is 9.98. The van der Waals surface area contributed by atoms with E-state index in [-0.39, 0.29) is 5.70 Å². The highest BCUT2D eigenvalue weighted by Gasteiger charge is 2.24. The summed E-state index contributed by atoms with van der Waals surface area (Å²) in [6.45, 7) is 0. The van der Waals surface area contributed by atoms with E-state index in [1.807, 2.05) is 0 Å². The summed E-state index contributed by atoms with van der Waals surface area (Å²) in [7, 11) is 0. The van der Waals surface area contributed by atoms with Crippen LogP contribution in [0.2, 0.25) is 0 Å². The Morgan fingerprint density at radius 2 is 2.05 bits per heavy atom. The molecule has 1 aromatic carbocycles. The lowest BCUT2D eigenvalue weighted by atomic mass is 10.1. The number of nitrogens with zero attached hydrogens (tertiary/aromatic N) is 2. The molecule has 0 atom stereocenters. The fraction of sp³-hybridized carbons (Fsp3) is 0. The summed E-state index contributed by atoms with van der Waals surface area (Å²) in [5.74, 6) is -0.833. The molecule has 0 unspecified atom stereocenters. The quantitative estimate of drug-likeness (QED) is 0.767. The highest BCUT2D eigenvalue weighted by Crippen LogP contribution is 2.16. The number of rotatable bonds is 1. The van der Waals surface area contributed by atoms with Crippen molar-refractivity contribution in [2.75, 3.05) is 0 Å². The van der Waals surface area contributed by atoms with E-state index in [9.17, 15) is 9.59 Å². The molecule has 0 spiro atoms. The molecule has 20 heavy (non-hydrogen) atoms. The summed E-state index contributed by atoms with van der Waals surface area (Å²) in [5.41, 5.74) is 0.235. The summed E-state index contributed by atoms with van der Waals surface area (Å²) in [6, 6.07) is 3.26. The first kappa shape index (κ1) is 12.0. The second-order valence-corrected chi connectivity index (χ2v) is 4.10. The number of carbonyl (C=O) groups is 2. The van der Waals surface area contributed by atoms with Crippen molar-refractivity contribution in [2.24, 2.45) is 4.99 Å². The Bertz CT molecular complexity index is 807. The average molecular weight is 272 g/mol. The van der Waals surface area contributed by atoms with E-state index < -0.39 is 12.1 Å². The van der Waals surface area contributed by atoms with Crippen LogP contribution < -0.4 is 15.3 Å². The molecule has 0 saturated carbocycles. The summed E-state index contributed by atoms with van der Waals surface area (Å²) in [5, 5.41) is 19.2. The summed E-state index contributed by atoms with van der Waals surface area (Å²) < 4.78 is 5.26. The van der Waals surface area contributed by atoms with Gasteiger partial charge in [0.2, 0.25) is 0 Å². The number of carboxylic acid groups (broad SMARTS) is 2. The smallest absolute Gasteiger partial charge is 0.416 e. The number of benzene rings is 1. The Balaban J connectivity index is 2.26. The summed E-state index contributed by atoms with van der Waals surface area (Å²) >= 11 is 0. The molecule has 0 aliphatic carbocycles. The van der Waals surface area contributed by atoms with Crippen molar-refractivity contribution in [1.29, 1.82) is 0 Å². The molecule has 1 amide bonds. The molecule has 0 bridgehead atoms. The first-order valence-electron chi connectivity index (χ1n) is 5.59. The minimum absolute atomic E-state index is 0.336. The molecule has 0 radical (unpaired) electrons. The highest BCUT2D eigenvalue weighted by atomic mass is 16.5. The van der Waals surface area contributed by atoms with Crippen molar-refractivity contribution in [3.63, 3.8) is 0 Å². The minimum Gasteiger partial charge on any atom is -0.477 e. The predicted octanol–water partition coefficient (Wildman–Crippen LogP) is 0.327. The lowest BCUT2D eigenvalue weighted by Crippen LogP contribution is -2.33. The van der Waals surface area contributed by atoms with Gasteiger partial charge < -0.3 is 14.9 Å². The van der Waals surface area contributed by atoms with E-state index in [1.165, 1.54) is 24.7 Å². The van der Waals surface area contributed by atoms with E-state index in [0.29, 0.717) is 26.8 Å². The molecule has 2 heterocycles. The second kappa shape index (κ2) is 4.23. The van der Waals surface area contributed by atoms with Gasteiger partial charge in [-0.3, -0.25) is 0 Å².